The molecule has 2 aromatic rings. The molecule has 0 saturated heterocycles. The number of pyridine rings is 1. The third-order valence-corrected chi connectivity index (χ3v) is 6.36. The van der Waals surface area contributed by atoms with Crippen molar-refractivity contribution in [2.24, 2.45) is 4.99 Å². The highest BCUT2D eigenvalue weighted by Crippen LogP contribution is 2.28. The van der Waals surface area contributed by atoms with Crippen molar-refractivity contribution in [3.63, 3.8) is 0 Å². The maximum atomic E-state index is 10.5. The molecule has 0 aromatic carbocycles. The predicted molar refractivity (Wildman–Crippen MR) is 137 cm³/mol. The lowest BCUT2D eigenvalue weighted by Gasteiger charge is -2.27. The standard InChI is InChI=1S/C15H18N4S2.C8H17NO/c1-10-5-6-14(17-7-10)18-9-20-8-13(16-4)15-11(2)19-12(3)21-15;1-5-8(4)9(6-10)7(2)3/h5-8H,4,9H2,1-3H3,(H,17,18);6-8H,5H2,1-4H3/b13-8-;/t;8-/m.0/s1. The molecule has 0 radical (unpaired) electrons. The zero-order chi connectivity index (χ0) is 23.4. The van der Waals surface area contributed by atoms with Crippen LogP contribution >= 0.6 is 23.1 Å². The molecule has 1 atom stereocenters. The fourth-order valence-electron chi connectivity index (χ4n) is 2.69. The molecular formula is C23H35N5OS2. The van der Waals surface area contributed by atoms with Gasteiger partial charge in [-0.15, -0.1) is 23.1 Å². The Bertz CT molecular complexity index is 846. The minimum absolute atomic E-state index is 0.326. The van der Waals surface area contributed by atoms with E-state index in [2.05, 4.69) is 40.8 Å². The Labute approximate surface area is 195 Å². The van der Waals surface area contributed by atoms with Crippen molar-refractivity contribution in [3.05, 3.63) is 44.9 Å². The number of anilines is 1. The van der Waals surface area contributed by atoms with Crippen LogP contribution in [0.1, 0.15) is 55.3 Å². The maximum Gasteiger partial charge on any atom is 0.210 e. The number of hydrogen-bond donors (Lipinski definition) is 1. The summed E-state index contributed by atoms with van der Waals surface area (Å²) >= 11 is 3.27. The first-order chi connectivity index (χ1) is 14.7. The van der Waals surface area contributed by atoms with Gasteiger partial charge in [-0.2, -0.15) is 0 Å². The lowest BCUT2D eigenvalue weighted by Crippen LogP contribution is -2.36. The number of amides is 1. The number of thioether (sulfide) groups is 1. The van der Waals surface area contributed by atoms with E-state index in [9.17, 15) is 4.79 Å². The van der Waals surface area contributed by atoms with Crippen LogP contribution in [0.15, 0.2) is 28.7 Å². The molecule has 0 saturated carbocycles. The van der Waals surface area contributed by atoms with E-state index in [4.69, 9.17) is 0 Å². The summed E-state index contributed by atoms with van der Waals surface area (Å²) in [5.41, 5.74) is 3.04. The molecule has 0 aliphatic carbocycles. The Balaban J connectivity index is 0.000000407. The molecule has 1 N–H and O–H groups in total. The van der Waals surface area contributed by atoms with E-state index in [0.717, 1.165) is 51.4 Å². The van der Waals surface area contributed by atoms with Gasteiger partial charge in [0.05, 0.1) is 27.2 Å². The molecule has 0 bridgehead atoms. The van der Waals surface area contributed by atoms with Crippen LogP contribution in [-0.2, 0) is 4.79 Å². The Kier molecular flexibility index (Phi) is 12.1. The van der Waals surface area contributed by atoms with Gasteiger partial charge in [-0.05, 0) is 71.7 Å². The van der Waals surface area contributed by atoms with Crippen LogP contribution in [0, 0.1) is 20.8 Å². The van der Waals surface area contributed by atoms with Gasteiger partial charge in [0.2, 0.25) is 6.41 Å². The second-order valence-corrected chi connectivity index (χ2v) is 9.48. The summed E-state index contributed by atoms with van der Waals surface area (Å²) in [6.07, 6.45) is 3.80. The number of aromatic nitrogens is 2. The Morgan fingerprint density at radius 3 is 2.45 bits per heavy atom. The summed E-state index contributed by atoms with van der Waals surface area (Å²) in [4.78, 5) is 26.2. The number of nitrogens with one attached hydrogen (secondary N) is 1. The Hall–Kier alpha value is -2.19. The second-order valence-electron chi connectivity index (χ2n) is 7.42. The van der Waals surface area contributed by atoms with Crippen molar-refractivity contribution in [3.8, 4) is 0 Å². The normalized spacial score (nSPS) is 12.1. The number of carbonyl (C=O) groups is 1. The van der Waals surface area contributed by atoms with Crippen LogP contribution in [0.5, 0.6) is 0 Å². The van der Waals surface area contributed by atoms with Crippen molar-refractivity contribution >= 4 is 47.7 Å². The first-order valence-corrected chi connectivity index (χ1v) is 12.2. The van der Waals surface area contributed by atoms with Gasteiger partial charge >= 0.3 is 0 Å². The lowest BCUT2D eigenvalue weighted by atomic mass is 10.2. The highest BCUT2D eigenvalue weighted by atomic mass is 32.2. The monoisotopic (exact) mass is 461 g/mol. The molecule has 0 spiro atoms. The summed E-state index contributed by atoms with van der Waals surface area (Å²) in [6.45, 7) is 17.9. The van der Waals surface area contributed by atoms with Gasteiger partial charge in [-0.1, -0.05) is 13.0 Å². The third-order valence-electron chi connectivity index (χ3n) is 4.57. The van der Waals surface area contributed by atoms with E-state index in [0.29, 0.717) is 12.1 Å². The van der Waals surface area contributed by atoms with E-state index in [1.54, 1.807) is 23.1 Å². The van der Waals surface area contributed by atoms with Gasteiger partial charge in [-0.25, -0.2) is 9.97 Å². The first kappa shape index (κ1) is 26.8. The van der Waals surface area contributed by atoms with Gasteiger partial charge < -0.3 is 10.2 Å². The van der Waals surface area contributed by atoms with Crippen LogP contribution < -0.4 is 5.32 Å². The molecule has 0 aliphatic rings. The van der Waals surface area contributed by atoms with Crippen LogP contribution in [0.25, 0.3) is 5.70 Å². The van der Waals surface area contributed by atoms with Gasteiger partial charge in [-0.3, -0.25) is 9.79 Å². The molecule has 0 fully saturated rings. The summed E-state index contributed by atoms with van der Waals surface area (Å²) in [6, 6.07) is 4.71. The lowest BCUT2D eigenvalue weighted by molar-refractivity contribution is -0.121. The average Bonchev–Trinajstić information content (AvgIpc) is 3.07. The molecule has 0 aliphatic heterocycles. The molecule has 2 rings (SSSR count). The van der Waals surface area contributed by atoms with E-state index < -0.39 is 0 Å². The summed E-state index contributed by atoms with van der Waals surface area (Å²) in [5.74, 6) is 1.60. The minimum Gasteiger partial charge on any atom is -0.361 e. The number of nitrogens with zero attached hydrogens (tertiary/aromatic N) is 4. The largest absolute Gasteiger partial charge is 0.361 e. The molecule has 6 nitrogen and oxygen atoms in total. The fraction of sp³-hybridized carbons (Fsp3) is 0.478. The van der Waals surface area contributed by atoms with Crippen LogP contribution in [0.3, 0.4) is 0 Å². The number of rotatable bonds is 10. The number of hydrogen-bond acceptors (Lipinski definition) is 7. The van der Waals surface area contributed by atoms with E-state index in [-0.39, 0.29) is 0 Å². The predicted octanol–water partition coefficient (Wildman–Crippen LogP) is 5.92. The van der Waals surface area contributed by atoms with Crippen molar-refractivity contribution in [1.29, 1.82) is 0 Å². The second kappa shape index (κ2) is 14.0. The molecule has 2 heterocycles. The molecular weight excluding hydrogens is 426 g/mol. The van der Waals surface area contributed by atoms with Gasteiger partial charge in [0, 0.05) is 18.3 Å². The van der Waals surface area contributed by atoms with Crippen molar-refractivity contribution in [1.82, 2.24) is 14.9 Å². The highest BCUT2D eigenvalue weighted by molar-refractivity contribution is 8.02. The smallest absolute Gasteiger partial charge is 0.210 e. The first-order valence-electron chi connectivity index (χ1n) is 10.4. The Morgan fingerprint density at radius 2 is 2.03 bits per heavy atom. The minimum atomic E-state index is 0.326. The van der Waals surface area contributed by atoms with Crippen LogP contribution in [0.4, 0.5) is 5.82 Å². The van der Waals surface area contributed by atoms with Crippen LogP contribution in [0.2, 0.25) is 0 Å². The molecule has 2 aromatic heterocycles. The van der Waals surface area contributed by atoms with Crippen molar-refractivity contribution in [2.45, 2.75) is 67.0 Å². The van der Waals surface area contributed by atoms with Gasteiger partial charge in [0.1, 0.15) is 5.82 Å². The molecule has 8 heteroatoms. The number of aliphatic imine (C=N–C) groups is 1. The van der Waals surface area contributed by atoms with Crippen LogP contribution in [-0.4, -0.2) is 46.0 Å². The summed E-state index contributed by atoms with van der Waals surface area (Å²) < 4.78 is 0. The third kappa shape index (κ3) is 9.23. The van der Waals surface area contributed by atoms with Crippen molar-refractivity contribution < 1.29 is 4.79 Å². The molecule has 31 heavy (non-hydrogen) atoms. The fourth-order valence-corrected chi connectivity index (χ4v) is 4.32. The maximum absolute atomic E-state index is 10.5. The number of carbonyl (C=O) groups excluding carboxylic acids is 1. The zero-order valence-corrected chi connectivity index (χ0v) is 21.3. The van der Waals surface area contributed by atoms with E-state index >= 15 is 0 Å². The molecule has 170 valence electrons. The quantitative estimate of drug-likeness (QED) is 0.206. The van der Waals surface area contributed by atoms with E-state index in [1.165, 1.54) is 0 Å². The highest BCUT2D eigenvalue weighted by Gasteiger charge is 2.11. The summed E-state index contributed by atoms with van der Waals surface area (Å²) in [7, 11) is 0. The van der Waals surface area contributed by atoms with Gasteiger partial charge in [0.25, 0.3) is 0 Å². The van der Waals surface area contributed by atoms with Gasteiger partial charge in [0.15, 0.2) is 0 Å². The average molecular weight is 462 g/mol. The number of thiazole rings is 1. The number of aryl methyl sites for hydroxylation is 3. The topological polar surface area (TPSA) is 70.5 Å². The summed E-state index contributed by atoms with van der Waals surface area (Å²) in [5, 5.41) is 6.31. The SMILES string of the molecule is C=N/C(=C\SCNc1ccc(C)cn1)c1sc(C)nc1C.CC[C@H](C)N(C=O)C(C)C. The molecule has 0 unspecified atom stereocenters. The zero-order valence-electron chi connectivity index (χ0n) is 19.7. The van der Waals surface area contributed by atoms with E-state index in [1.807, 2.05) is 63.3 Å². The van der Waals surface area contributed by atoms with Crippen molar-refractivity contribution in [2.75, 3.05) is 11.2 Å². The molecule has 1 amide bonds. The Morgan fingerprint density at radius 1 is 1.32 bits per heavy atom.